The van der Waals surface area contributed by atoms with Gasteiger partial charge in [0.1, 0.15) is 5.76 Å². The largest absolute Gasteiger partial charge is 0.500 e. The van der Waals surface area contributed by atoms with Crippen LogP contribution in [0.25, 0.3) is 0 Å². The van der Waals surface area contributed by atoms with E-state index in [1.165, 1.54) is 33.5 Å². The van der Waals surface area contributed by atoms with Crippen LogP contribution in [0.15, 0.2) is 36.6 Å². The molecule has 0 bridgehead atoms. The molecular weight excluding hydrogens is 300 g/mol. The van der Waals surface area contributed by atoms with Crippen LogP contribution in [0.5, 0.6) is 0 Å². The van der Waals surface area contributed by atoms with Crippen molar-refractivity contribution in [3.8, 4) is 0 Å². The van der Waals surface area contributed by atoms with Gasteiger partial charge in [-0.2, -0.15) is 0 Å². The van der Waals surface area contributed by atoms with E-state index in [4.69, 9.17) is 14.2 Å². The minimum Gasteiger partial charge on any atom is -0.500 e. The van der Waals surface area contributed by atoms with E-state index in [9.17, 15) is 14.4 Å². The molecule has 1 saturated carbocycles. The van der Waals surface area contributed by atoms with Crippen LogP contribution >= 0.6 is 0 Å². The average molecular weight is 320 g/mol. The summed E-state index contributed by atoms with van der Waals surface area (Å²) in [7, 11) is 3.92. The van der Waals surface area contributed by atoms with Crippen LogP contribution < -0.4 is 0 Å². The minimum absolute atomic E-state index is 0.0967. The van der Waals surface area contributed by atoms with Crippen molar-refractivity contribution in [3.05, 3.63) is 36.6 Å². The average Bonchev–Trinajstić information content (AvgIpc) is 2.92. The number of carbonyl (C=O) groups excluding carboxylic acids is 3. The van der Waals surface area contributed by atoms with Gasteiger partial charge in [0.15, 0.2) is 11.2 Å². The van der Waals surface area contributed by atoms with Crippen LogP contribution in [0, 0.1) is 16.7 Å². The molecule has 0 aromatic rings. The lowest BCUT2D eigenvalue weighted by Crippen LogP contribution is -2.40. The highest BCUT2D eigenvalue weighted by molar-refractivity contribution is 6.03. The molecule has 6 nitrogen and oxygen atoms in total. The van der Waals surface area contributed by atoms with Gasteiger partial charge in [0.2, 0.25) is 0 Å². The SMILES string of the molecule is C=C[C@@H]1CC(C(=O)OC)(C(=O)OC)C[C@]12C=CC(=O)C=C2OC. The third-order valence-corrected chi connectivity index (χ3v) is 4.76. The molecule has 2 atom stereocenters. The summed E-state index contributed by atoms with van der Waals surface area (Å²) in [4.78, 5) is 36.4. The number of hydrogen-bond donors (Lipinski definition) is 0. The Labute approximate surface area is 134 Å². The molecule has 0 N–H and O–H groups in total. The zero-order chi connectivity index (χ0) is 17.3. The van der Waals surface area contributed by atoms with E-state index in [2.05, 4.69) is 6.58 Å². The molecule has 0 aromatic heterocycles. The maximum absolute atomic E-state index is 12.4. The third-order valence-electron chi connectivity index (χ3n) is 4.76. The van der Waals surface area contributed by atoms with E-state index in [1.54, 1.807) is 12.2 Å². The summed E-state index contributed by atoms with van der Waals surface area (Å²) in [6.07, 6.45) is 6.42. The van der Waals surface area contributed by atoms with Gasteiger partial charge < -0.3 is 14.2 Å². The molecule has 1 spiro atoms. The second kappa shape index (κ2) is 6.02. The predicted molar refractivity (Wildman–Crippen MR) is 81.1 cm³/mol. The molecule has 0 radical (unpaired) electrons. The Morgan fingerprint density at radius 3 is 2.35 bits per heavy atom. The Morgan fingerprint density at radius 1 is 1.26 bits per heavy atom. The molecule has 2 rings (SSSR count). The molecule has 1 fully saturated rings. The van der Waals surface area contributed by atoms with Crippen molar-refractivity contribution >= 4 is 17.7 Å². The fourth-order valence-electron chi connectivity index (χ4n) is 3.66. The standard InChI is InChI=1S/C17H20O6/c1-5-11-9-17(14(19)22-3,15(20)23-4)10-16(11)7-6-12(18)8-13(16)21-2/h5-8,11H,1,9-10H2,2-4H3/t11-,16-/m1/s1. The number of hydrogen-bond acceptors (Lipinski definition) is 6. The van der Waals surface area contributed by atoms with Crippen LogP contribution in [0.4, 0.5) is 0 Å². The summed E-state index contributed by atoms with van der Waals surface area (Å²) >= 11 is 0. The molecule has 23 heavy (non-hydrogen) atoms. The summed E-state index contributed by atoms with van der Waals surface area (Å²) in [5.41, 5.74) is -2.25. The molecular formula is C17H20O6. The maximum Gasteiger partial charge on any atom is 0.323 e. The quantitative estimate of drug-likeness (QED) is 0.444. The Kier molecular flexibility index (Phi) is 4.45. The molecule has 0 unspecified atom stereocenters. The normalized spacial score (nSPS) is 28.2. The zero-order valence-electron chi connectivity index (χ0n) is 13.5. The van der Waals surface area contributed by atoms with E-state index in [0.717, 1.165) is 0 Å². The van der Waals surface area contributed by atoms with Crippen LogP contribution in [0.2, 0.25) is 0 Å². The number of rotatable bonds is 4. The van der Waals surface area contributed by atoms with Gasteiger partial charge in [-0.1, -0.05) is 12.2 Å². The Hall–Kier alpha value is -2.37. The smallest absolute Gasteiger partial charge is 0.323 e. The Bertz CT molecular complexity index is 599. The number of allylic oxidation sites excluding steroid dienone is 4. The Morgan fingerprint density at radius 2 is 1.87 bits per heavy atom. The number of ketones is 1. The molecule has 0 aromatic carbocycles. The van der Waals surface area contributed by atoms with Gasteiger partial charge in [-0.15, -0.1) is 6.58 Å². The maximum atomic E-state index is 12.4. The topological polar surface area (TPSA) is 78.9 Å². The molecule has 124 valence electrons. The molecule has 6 heteroatoms. The van der Waals surface area contributed by atoms with Crippen molar-refractivity contribution in [2.45, 2.75) is 12.8 Å². The lowest BCUT2D eigenvalue weighted by atomic mass is 9.72. The first-order chi connectivity index (χ1) is 10.9. The first-order valence-corrected chi connectivity index (χ1v) is 7.19. The second-order valence-electron chi connectivity index (χ2n) is 5.78. The van der Waals surface area contributed by atoms with Crippen LogP contribution in [-0.4, -0.2) is 39.1 Å². The number of carbonyl (C=O) groups is 3. The van der Waals surface area contributed by atoms with Crippen molar-refractivity contribution in [1.82, 2.24) is 0 Å². The highest BCUT2D eigenvalue weighted by Gasteiger charge is 2.64. The van der Waals surface area contributed by atoms with Crippen LogP contribution in [0.3, 0.4) is 0 Å². The van der Waals surface area contributed by atoms with Gasteiger partial charge in [0, 0.05) is 6.08 Å². The fraction of sp³-hybridized carbons (Fsp3) is 0.471. The van der Waals surface area contributed by atoms with Gasteiger partial charge >= 0.3 is 11.9 Å². The summed E-state index contributed by atoms with van der Waals surface area (Å²) in [6, 6.07) is 0. The molecule has 0 amide bonds. The highest BCUT2D eigenvalue weighted by Crippen LogP contribution is 2.60. The fourth-order valence-corrected chi connectivity index (χ4v) is 3.66. The lowest BCUT2D eigenvalue weighted by molar-refractivity contribution is -0.169. The van der Waals surface area contributed by atoms with Crippen molar-refractivity contribution in [1.29, 1.82) is 0 Å². The van der Waals surface area contributed by atoms with Crippen molar-refractivity contribution in [2.24, 2.45) is 16.7 Å². The van der Waals surface area contributed by atoms with E-state index in [-0.39, 0.29) is 24.5 Å². The monoisotopic (exact) mass is 320 g/mol. The number of methoxy groups -OCH3 is 3. The minimum atomic E-state index is -1.45. The zero-order valence-corrected chi connectivity index (χ0v) is 13.5. The first-order valence-electron chi connectivity index (χ1n) is 7.19. The van der Waals surface area contributed by atoms with E-state index < -0.39 is 22.8 Å². The van der Waals surface area contributed by atoms with Crippen LogP contribution in [-0.2, 0) is 28.6 Å². The van der Waals surface area contributed by atoms with Crippen molar-refractivity contribution in [3.63, 3.8) is 0 Å². The van der Waals surface area contributed by atoms with E-state index in [1.807, 2.05) is 0 Å². The summed E-state index contributed by atoms with van der Waals surface area (Å²) < 4.78 is 15.1. The van der Waals surface area contributed by atoms with Crippen molar-refractivity contribution < 1.29 is 28.6 Å². The molecule has 0 aliphatic heterocycles. The molecule has 0 heterocycles. The lowest BCUT2D eigenvalue weighted by Gasteiger charge is -2.34. The number of esters is 2. The van der Waals surface area contributed by atoms with E-state index >= 15 is 0 Å². The van der Waals surface area contributed by atoms with Gasteiger partial charge in [-0.3, -0.25) is 14.4 Å². The molecule has 2 aliphatic rings. The first kappa shape index (κ1) is 17.0. The summed E-state index contributed by atoms with van der Waals surface area (Å²) in [5.74, 6) is -1.40. The molecule has 2 aliphatic carbocycles. The second-order valence-corrected chi connectivity index (χ2v) is 5.78. The van der Waals surface area contributed by atoms with Gasteiger partial charge in [0.25, 0.3) is 0 Å². The van der Waals surface area contributed by atoms with E-state index in [0.29, 0.717) is 5.76 Å². The Balaban J connectivity index is 2.59. The van der Waals surface area contributed by atoms with Gasteiger partial charge in [-0.05, 0) is 24.8 Å². The third kappa shape index (κ3) is 2.38. The predicted octanol–water partition coefficient (Wildman–Crippen LogP) is 1.57. The highest BCUT2D eigenvalue weighted by atomic mass is 16.5. The van der Waals surface area contributed by atoms with Crippen molar-refractivity contribution in [2.75, 3.05) is 21.3 Å². The summed E-state index contributed by atoms with van der Waals surface area (Å²) in [5, 5.41) is 0. The van der Waals surface area contributed by atoms with Gasteiger partial charge in [-0.25, -0.2) is 0 Å². The van der Waals surface area contributed by atoms with Crippen LogP contribution in [0.1, 0.15) is 12.8 Å². The number of ether oxygens (including phenoxy) is 3. The molecule has 0 saturated heterocycles. The summed E-state index contributed by atoms with van der Waals surface area (Å²) in [6.45, 7) is 3.81. The van der Waals surface area contributed by atoms with Gasteiger partial charge in [0.05, 0.1) is 26.7 Å².